The molecule has 0 aromatic heterocycles. The second kappa shape index (κ2) is 17.2. The lowest BCUT2D eigenvalue weighted by Gasteiger charge is -2.46. The van der Waals surface area contributed by atoms with E-state index in [1.807, 2.05) is 30.3 Å². The van der Waals surface area contributed by atoms with Gasteiger partial charge in [-0.3, -0.25) is 19.2 Å². The van der Waals surface area contributed by atoms with Gasteiger partial charge in [0.2, 0.25) is 0 Å². The largest absolute Gasteiger partial charge is 0.488 e. The number of hydrogen-bond donors (Lipinski definition) is 0. The molecule has 2 aromatic carbocycles. The van der Waals surface area contributed by atoms with Gasteiger partial charge < -0.3 is 33.2 Å². The summed E-state index contributed by atoms with van der Waals surface area (Å²) in [5.74, 6) is -1.61. The molecule has 2 saturated heterocycles. The molecule has 2 heterocycles. The molecule has 4 rings (SSSR count). The van der Waals surface area contributed by atoms with Gasteiger partial charge in [-0.15, -0.1) is 0 Å². The van der Waals surface area contributed by atoms with Gasteiger partial charge in [-0.05, 0) is 124 Å². The minimum absolute atomic E-state index is 0.0247. The van der Waals surface area contributed by atoms with E-state index in [-0.39, 0.29) is 12.7 Å². The predicted octanol–water partition coefficient (Wildman–Crippen LogP) is 8.00. The van der Waals surface area contributed by atoms with Gasteiger partial charge in [-0.2, -0.15) is 0 Å². The van der Waals surface area contributed by atoms with Gasteiger partial charge in [-0.1, -0.05) is 35.9 Å². The fourth-order valence-corrected chi connectivity index (χ4v) is 5.79. The molecule has 0 saturated carbocycles. The molecule has 0 radical (unpaired) electrons. The van der Waals surface area contributed by atoms with Crippen LogP contribution < -0.4 is 4.74 Å². The van der Waals surface area contributed by atoms with Crippen LogP contribution in [0.5, 0.6) is 5.75 Å². The van der Waals surface area contributed by atoms with E-state index in [2.05, 4.69) is 0 Å². The zero-order valence-corrected chi connectivity index (χ0v) is 35.2. The van der Waals surface area contributed by atoms with Gasteiger partial charge in [-0.25, -0.2) is 0 Å². The number of rotatable bonds is 10. The number of carbonyl (C=O) groups excluding carboxylic acids is 4. The van der Waals surface area contributed by atoms with Crippen LogP contribution in [0.4, 0.5) is 0 Å². The Labute approximate surface area is 331 Å². The zero-order valence-electron chi connectivity index (χ0n) is 34.4. The average Bonchev–Trinajstić information content (AvgIpc) is 3.58. The topological polar surface area (TPSA) is 133 Å². The molecule has 2 fully saturated rings. The van der Waals surface area contributed by atoms with E-state index in [0.717, 1.165) is 23.3 Å². The first-order chi connectivity index (χ1) is 25.3. The molecule has 0 spiro atoms. The van der Waals surface area contributed by atoms with Gasteiger partial charge >= 0.3 is 23.9 Å². The maximum absolute atomic E-state index is 13.7. The van der Waals surface area contributed by atoms with Crippen LogP contribution in [-0.4, -0.2) is 74.2 Å². The molecule has 2 aliphatic rings. The van der Waals surface area contributed by atoms with Gasteiger partial charge in [0.05, 0.1) is 34.9 Å². The second-order valence-corrected chi connectivity index (χ2v) is 19.0. The van der Waals surface area contributed by atoms with Crippen molar-refractivity contribution in [2.24, 2.45) is 21.7 Å². The van der Waals surface area contributed by atoms with Crippen LogP contribution in [0.25, 0.3) is 0 Å². The summed E-state index contributed by atoms with van der Waals surface area (Å²) in [6.07, 6.45) is -4.89. The monoisotopic (exact) mass is 786 g/mol. The van der Waals surface area contributed by atoms with E-state index >= 15 is 0 Å². The molecule has 11 nitrogen and oxygen atoms in total. The minimum atomic E-state index is -1.36. The third-order valence-corrected chi connectivity index (χ3v) is 9.47. The number of benzene rings is 2. The van der Waals surface area contributed by atoms with E-state index in [9.17, 15) is 19.2 Å². The predicted molar refractivity (Wildman–Crippen MR) is 207 cm³/mol. The van der Waals surface area contributed by atoms with Crippen molar-refractivity contribution >= 4 is 35.5 Å². The lowest BCUT2D eigenvalue weighted by molar-refractivity contribution is -0.262. The lowest BCUT2D eigenvalue weighted by Crippen LogP contribution is -2.61. The third kappa shape index (κ3) is 11.9. The van der Waals surface area contributed by atoms with Crippen LogP contribution in [-0.2, 0) is 54.0 Å². The summed E-state index contributed by atoms with van der Waals surface area (Å²) in [4.78, 5) is 54.0. The van der Waals surface area contributed by atoms with E-state index in [4.69, 9.17) is 44.8 Å². The number of hydrogen-bond acceptors (Lipinski definition) is 11. The molecular formula is C43H59ClO11. The van der Waals surface area contributed by atoms with E-state index < -0.39 is 76.1 Å². The molecular weight excluding hydrogens is 728 g/mol. The normalized spacial score (nSPS) is 23.4. The summed E-state index contributed by atoms with van der Waals surface area (Å²) < 4.78 is 42.5. The Kier molecular flexibility index (Phi) is 13.8. The Balaban J connectivity index is 1.81. The fraction of sp³-hybridized carbons (Fsp3) is 0.628. The standard InChI is InChI=1S/C43H59ClO11/c1-40(2,3)36(45)50-24-31-33(53-37(46)41(4,5)6)35(55-39(48)43(10,11)12)34(54-38(47)42(7,8)9)32(52-31)26-15-18-30(44)27(22-26)21-25-13-16-28(17-14-25)51-29-19-20-49-23-29/h13-18,22,29,31-35H,19-21,23-24H2,1-12H3/t29-,31+,32-,33+,34-,35-/m0/s1. The molecule has 0 amide bonds. The van der Waals surface area contributed by atoms with Crippen molar-refractivity contribution in [2.75, 3.05) is 19.8 Å². The smallest absolute Gasteiger partial charge is 0.311 e. The van der Waals surface area contributed by atoms with Crippen molar-refractivity contribution in [1.29, 1.82) is 0 Å². The van der Waals surface area contributed by atoms with Gasteiger partial charge in [0.1, 0.15) is 30.7 Å². The van der Waals surface area contributed by atoms with Crippen molar-refractivity contribution in [3.8, 4) is 5.75 Å². The Morgan fingerprint density at radius 3 is 1.73 bits per heavy atom. The Morgan fingerprint density at radius 1 is 0.691 bits per heavy atom. The highest BCUT2D eigenvalue weighted by Crippen LogP contribution is 2.41. The maximum Gasteiger partial charge on any atom is 0.311 e. The van der Waals surface area contributed by atoms with Crippen LogP contribution in [0.1, 0.15) is 112 Å². The number of carbonyl (C=O) groups is 4. The lowest BCUT2D eigenvalue weighted by atomic mass is 9.87. The quantitative estimate of drug-likeness (QED) is 0.171. The molecule has 0 N–H and O–H groups in total. The highest BCUT2D eigenvalue weighted by molar-refractivity contribution is 6.31. The molecule has 304 valence electrons. The second-order valence-electron chi connectivity index (χ2n) is 18.6. The molecule has 2 aromatic rings. The highest BCUT2D eigenvalue weighted by Gasteiger charge is 2.55. The average molecular weight is 787 g/mol. The van der Waals surface area contributed by atoms with Crippen molar-refractivity contribution in [1.82, 2.24) is 0 Å². The van der Waals surface area contributed by atoms with Crippen molar-refractivity contribution in [2.45, 2.75) is 133 Å². The SMILES string of the molecule is CC(C)(C)C(=O)OC[C@H]1O[C@@H](c2ccc(Cl)c(Cc3ccc(O[C@H]4CCOC4)cc3)c2)[C@H](OC(=O)C(C)(C)C)[C@@H](OC(=O)C(C)(C)C)[C@@H]1OC(=O)C(C)(C)C. The Hall–Kier alpha value is -3.67. The molecule has 2 aliphatic heterocycles. The highest BCUT2D eigenvalue weighted by atomic mass is 35.5. The fourth-order valence-electron chi connectivity index (χ4n) is 5.61. The Bertz CT molecular complexity index is 1670. The van der Waals surface area contributed by atoms with E-state index in [1.54, 1.807) is 95.2 Å². The summed E-state index contributed by atoms with van der Waals surface area (Å²) >= 11 is 6.79. The maximum atomic E-state index is 13.7. The van der Waals surface area contributed by atoms with Gasteiger partial charge in [0, 0.05) is 11.4 Å². The molecule has 0 bridgehead atoms. The van der Waals surface area contributed by atoms with Crippen molar-refractivity contribution in [3.63, 3.8) is 0 Å². The summed E-state index contributed by atoms with van der Waals surface area (Å²) in [6.45, 7) is 21.3. The molecule has 0 unspecified atom stereocenters. The van der Waals surface area contributed by atoms with Crippen LogP contribution in [0.3, 0.4) is 0 Å². The molecule has 0 aliphatic carbocycles. The number of halogens is 1. The minimum Gasteiger partial charge on any atom is -0.488 e. The summed E-state index contributed by atoms with van der Waals surface area (Å²) in [5.41, 5.74) is -1.51. The first-order valence-electron chi connectivity index (χ1n) is 18.9. The molecule has 6 atom stereocenters. The summed E-state index contributed by atoms with van der Waals surface area (Å²) in [5, 5.41) is 0.495. The van der Waals surface area contributed by atoms with Gasteiger partial charge in [0.25, 0.3) is 0 Å². The molecule has 55 heavy (non-hydrogen) atoms. The van der Waals surface area contributed by atoms with Crippen molar-refractivity contribution < 1.29 is 52.3 Å². The number of esters is 4. The van der Waals surface area contributed by atoms with E-state index in [0.29, 0.717) is 30.2 Å². The van der Waals surface area contributed by atoms with Gasteiger partial charge in [0.15, 0.2) is 18.3 Å². The number of ether oxygens (including phenoxy) is 7. The van der Waals surface area contributed by atoms with Crippen LogP contribution >= 0.6 is 11.6 Å². The first-order valence-corrected chi connectivity index (χ1v) is 19.3. The van der Waals surface area contributed by atoms with E-state index in [1.165, 1.54) is 0 Å². The van der Waals surface area contributed by atoms with Crippen molar-refractivity contribution in [3.05, 3.63) is 64.2 Å². The summed E-state index contributed by atoms with van der Waals surface area (Å²) in [6, 6.07) is 13.1. The molecule has 12 heteroatoms. The van der Waals surface area contributed by atoms with Crippen LogP contribution in [0.2, 0.25) is 5.02 Å². The Morgan fingerprint density at radius 2 is 1.22 bits per heavy atom. The van der Waals surface area contributed by atoms with Crippen LogP contribution in [0.15, 0.2) is 42.5 Å². The zero-order chi connectivity index (χ0) is 41.1. The van der Waals surface area contributed by atoms with Crippen LogP contribution in [0, 0.1) is 21.7 Å². The summed E-state index contributed by atoms with van der Waals surface area (Å²) in [7, 11) is 0. The first kappa shape index (κ1) is 44.0. The third-order valence-electron chi connectivity index (χ3n) is 9.10.